The number of hydrogen-bond donors (Lipinski definition) is 2. The Morgan fingerprint density at radius 3 is 2.62 bits per heavy atom. The Hall–Kier alpha value is -2.43. The van der Waals surface area contributed by atoms with Gasteiger partial charge in [-0.3, -0.25) is 0 Å². The molecule has 1 saturated heterocycles. The summed E-state index contributed by atoms with van der Waals surface area (Å²) in [4.78, 5) is 23.4. The average Bonchev–Trinajstić information content (AvgIpc) is 3.26. The quantitative estimate of drug-likeness (QED) is 0.562. The normalized spacial score (nSPS) is 17.2. The van der Waals surface area contributed by atoms with Crippen molar-refractivity contribution < 1.29 is 29.7 Å². The molecule has 0 bridgehead atoms. The van der Waals surface area contributed by atoms with E-state index in [-0.39, 0.29) is 13.2 Å². The zero-order chi connectivity index (χ0) is 23.4. The van der Waals surface area contributed by atoms with E-state index in [1.165, 1.54) is 5.23 Å². The van der Waals surface area contributed by atoms with Gasteiger partial charge in [0.1, 0.15) is 24.3 Å². The number of aromatic nitrogens is 1. The molecule has 1 unspecified atom stereocenters. The highest BCUT2D eigenvalue weighted by Crippen LogP contribution is 2.36. The van der Waals surface area contributed by atoms with E-state index in [4.69, 9.17) is 24.6 Å². The molecule has 3 rings (SSSR count). The van der Waals surface area contributed by atoms with Crippen LogP contribution in [0.2, 0.25) is 0 Å². The molecule has 1 aromatic heterocycles. The largest absolute Gasteiger partial charge is 0.490 e. The molecule has 9 heteroatoms. The molecule has 0 saturated carbocycles. The number of aliphatic hydroxyl groups excluding tert-OH is 2. The smallest absolute Gasteiger partial charge is 0.247 e. The van der Waals surface area contributed by atoms with Crippen LogP contribution >= 0.6 is 0 Å². The molecule has 0 aliphatic carbocycles. The van der Waals surface area contributed by atoms with Crippen LogP contribution in [-0.4, -0.2) is 47.6 Å². The lowest BCUT2D eigenvalue weighted by molar-refractivity contribution is -0.286. The Balaban J connectivity index is 1.79. The lowest BCUT2D eigenvalue weighted by Gasteiger charge is -2.23. The van der Waals surface area contributed by atoms with Crippen LogP contribution in [0.3, 0.4) is 0 Å². The van der Waals surface area contributed by atoms with Crippen LogP contribution in [0.1, 0.15) is 49.4 Å². The number of aryl methyl sites for hydroxylation is 3. The second-order valence-electron chi connectivity index (χ2n) is 8.22. The van der Waals surface area contributed by atoms with E-state index in [2.05, 4.69) is 23.7 Å². The lowest BCUT2D eigenvalue weighted by Crippen LogP contribution is -2.27. The van der Waals surface area contributed by atoms with Crippen LogP contribution < -0.4 is 14.9 Å². The van der Waals surface area contributed by atoms with Gasteiger partial charge in [0, 0.05) is 24.3 Å². The molecule has 1 aliphatic rings. The molecule has 32 heavy (non-hydrogen) atoms. The molecule has 176 valence electrons. The Bertz CT molecular complexity index is 923. The van der Waals surface area contributed by atoms with Crippen LogP contribution in [-0.2, 0) is 21.1 Å². The van der Waals surface area contributed by atoms with Crippen molar-refractivity contribution in [2.24, 2.45) is 0 Å². The monoisotopic (exact) mass is 447 g/mol. The maximum Gasteiger partial charge on any atom is 0.247 e. The highest BCUT2D eigenvalue weighted by Gasteiger charge is 2.31. The average molecular weight is 448 g/mol. The summed E-state index contributed by atoms with van der Waals surface area (Å²) in [7, 11) is 1.99. The van der Waals surface area contributed by atoms with E-state index in [0.29, 0.717) is 23.9 Å². The minimum absolute atomic E-state index is 0.0140. The molecule has 0 spiro atoms. The molecule has 1 aliphatic heterocycles. The van der Waals surface area contributed by atoms with Gasteiger partial charge in [0.05, 0.1) is 12.3 Å². The van der Waals surface area contributed by atoms with Crippen molar-refractivity contribution in [3.8, 4) is 5.75 Å². The fourth-order valence-corrected chi connectivity index (χ4v) is 3.31. The molecule has 2 heterocycles. The molecule has 0 radical (unpaired) electrons. The Kier molecular flexibility index (Phi) is 7.91. The van der Waals surface area contributed by atoms with Crippen molar-refractivity contribution in [1.82, 2.24) is 4.98 Å². The third kappa shape index (κ3) is 5.48. The zero-order valence-electron chi connectivity index (χ0n) is 19.5. The second-order valence-corrected chi connectivity index (χ2v) is 8.22. The van der Waals surface area contributed by atoms with E-state index in [1.54, 1.807) is 0 Å². The van der Waals surface area contributed by atoms with Crippen LogP contribution in [0, 0.1) is 13.8 Å². The van der Waals surface area contributed by atoms with Gasteiger partial charge in [-0.15, -0.1) is 0 Å². The summed E-state index contributed by atoms with van der Waals surface area (Å²) in [5.74, 6) is 1.50. The van der Waals surface area contributed by atoms with Crippen LogP contribution in [0.4, 0.5) is 11.5 Å². The SMILES string of the molecule is CCc1cc(N2OOC(c3cc(C)nc(N(C)C(C)C)c3)O2)cc(C)c1OC[C@@H](O)CO. The molecular weight excluding hydrogens is 414 g/mol. The molecule has 9 nitrogen and oxygen atoms in total. The first-order chi connectivity index (χ1) is 15.2. The third-order valence-electron chi connectivity index (χ3n) is 5.32. The molecule has 2 aromatic rings. The fraction of sp³-hybridized carbons (Fsp3) is 0.522. The topological polar surface area (TPSA) is 96.8 Å². The van der Waals surface area contributed by atoms with Crippen LogP contribution in [0.5, 0.6) is 5.75 Å². The molecular formula is C23H33N3O6. The van der Waals surface area contributed by atoms with Gasteiger partial charge >= 0.3 is 0 Å². The maximum absolute atomic E-state index is 9.59. The number of ether oxygens (including phenoxy) is 1. The van der Waals surface area contributed by atoms with Gasteiger partial charge in [0.25, 0.3) is 0 Å². The summed E-state index contributed by atoms with van der Waals surface area (Å²) in [6.45, 7) is 9.70. The van der Waals surface area contributed by atoms with Crippen molar-refractivity contribution in [2.75, 3.05) is 30.4 Å². The van der Waals surface area contributed by atoms with Gasteiger partial charge in [-0.1, -0.05) is 17.1 Å². The minimum Gasteiger partial charge on any atom is -0.490 e. The van der Waals surface area contributed by atoms with Crippen molar-refractivity contribution in [3.05, 3.63) is 46.6 Å². The number of nitrogens with zero attached hydrogens (tertiary/aromatic N) is 3. The van der Waals surface area contributed by atoms with E-state index >= 15 is 0 Å². The first kappa shape index (κ1) is 24.2. The molecule has 0 amide bonds. The highest BCUT2D eigenvalue weighted by atomic mass is 17.4. The Morgan fingerprint density at radius 1 is 1.22 bits per heavy atom. The second kappa shape index (κ2) is 10.5. The van der Waals surface area contributed by atoms with Gasteiger partial charge in [-0.2, -0.15) is 4.89 Å². The van der Waals surface area contributed by atoms with Crippen molar-refractivity contribution >= 4 is 11.5 Å². The van der Waals surface area contributed by atoms with Crippen molar-refractivity contribution in [2.45, 2.75) is 59.5 Å². The fourth-order valence-electron chi connectivity index (χ4n) is 3.31. The van der Waals surface area contributed by atoms with Gasteiger partial charge in [0.15, 0.2) is 0 Å². The summed E-state index contributed by atoms with van der Waals surface area (Å²) in [5.41, 5.74) is 4.07. The van der Waals surface area contributed by atoms with Crippen molar-refractivity contribution in [3.63, 3.8) is 0 Å². The summed E-state index contributed by atoms with van der Waals surface area (Å²) < 4.78 is 5.73. The van der Waals surface area contributed by atoms with Crippen molar-refractivity contribution in [1.29, 1.82) is 0 Å². The minimum atomic E-state index is -0.929. The Labute approximate surface area is 188 Å². The van der Waals surface area contributed by atoms with E-state index in [1.807, 2.05) is 52.1 Å². The summed E-state index contributed by atoms with van der Waals surface area (Å²) >= 11 is 0. The number of anilines is 2. The van der Waals surface area contributed by atoms with Gasteiger partial charge in [-0.25, -0.2) is 9.82 Å². The summed E-state index contributed by atoms with van der Waals surface area (Å²) in [5, 5.41) is 19.9. The third-order valence-corrected chi connectivity index (χ3v) is 5.32. The van der Waals surface area contributed by atoms with Crippen LogP contribution in [0.25, 0.3) is 0 Å². The predicted octanol–water partition coefficient (Wildman–Crippen LogP) is 3.15. The first-order valence-electron chi connectivity index (χ1n) is 10.8. The summed E-state index contributed by atoms with van der Waals surface area (Å²) in [6, 6.07) is 7.86. The predicted molar refractivity (Wildman–Crippen MR) is 120 cm³/mol. The van der Waals surface area contributed by atoms with E-state index in [9.17, 15) is 5.11 Å². The Morgan fingerprint density at radius 2 is 1.97 bits per heavy atom. The number of hydrogen-bond acceptors (Lipinski definition) is 9. The number of benzene rings is 1. The molecule has 1 fully saturated rings. The summed E-state index contributed by atoms with van der Waals surface area (Å²) in [6.07, 6.45) is -0.968. The van der Waals surface area contributed by atoms with E-state index in [0.717, 1.165) is 28.2 Å². The zero-order valence-corrected chi connectivity index (χ0v) is 19.5. The first-order valence-corrected chi connectivity index (χ1v) is 10.8. The molecule has 2 atom stereocenters. The maximum atomic E-state index is 9.59. The number of rotatable bonds is 9. The standard InChI is InChI=1S/C23H33N3O6/c1-7-17-10-19(8-15(4)22(17)29-13-20(28)12-27)26-30-23(31-32-26)18-9-16(5)24-21(11-18)25(6)14(2)3/h8-11,14,20,23,27-28H,7,12-13H2,1-6H3/t20-,23?/m0/s1. The van der Waals surface area contributed by atoms with Gasteiger partial charge < -0.3 is 19.8 Å². The molecule has 1 aromatic carbocycles. The van der Waals surface area contributed by atoms with Gasteiger partial charge in [0.2, 0.25) is 6.29 Å². The van der Waals surface area contributed by atoms with Crippen LogP contribution in [0.15, 0.2) is 24.3 Å². The number of aliphatic hydroxyl groups is 2. The van der Waals surface area contributed by atoms with E-state index < -0.39 is 12.4 Å². The highest BCUT2D eigenvalue weighted by molar-refractivity contribution is 5.55. The molecule has 2 N–H and O–H groups in total. The number of pyridine rings is 1. The lowest BCUT2D eigenvalue weighted by atomic mass is 10.1. The van der Waals surface area contributed by atoms with Gasteiger partial charge in [-0.05, 0) is 69.5 Å².